The number of fused-ring (bicyclic) bond motifs is 1. The van der Waals surface area contributed by atoms with Crippen LogP contribution in [0.2, 0.25) is 0 Å². The summed E-state index contributed by atoms with van der Waals surface area (Å²) in [4.78, 5) is 1.34. The van der Waals surface area contributed by atoms with E-state index in [4.69, 9.17) is 5.11 Å². The van der Waals surface area contributed by atoms with Gasteiger partial charge in [0.15, 0.2) is 0 Å². The van der Waals surface area contributed by atoms with Gasteiger partial charge in [-0.2, -0.15) is 5.10 Å². The van der Waals surface area contributed by atoms with Gasteiger partial charge < -0.3 is 10.4 Å². The summed E-state index contributed by atoms with van der Waals surface area (Å²) in [6.07, 6.45) is 5.37. The lowest BCUT2D eigenvalue weighted by Crippen LogP contribution is -2.25. The van der Waals surface area contributed by atoms with Gasteiger partial charge in [0.25, 0.3) is 0 Å². The number of halogens is 1. The average Bonchev–Trinajstić information content (AvgIpc) is 3.04. The highest BCUT2D eigenvalue weighted by Gasteiger charge is 2.23. The van der Waals surface area contributed by atoms with E-state index in [9.17, 15) is 0 Å². The lowest BCUT2D eigenvalue weighted by molar-refractivity contribution is 0.266. The summed E-state index contributed by atoms with van der Waals surface area (Å²) in [5.41, 5.74) is 2.59. The molecule has 0 saturated heterocycles. The van der Waals surface area contributed by atoms with Crippen LogP contribution in [-0.2, 0) is 19.5 Å². The molecule has 1 aliphatic rings. The normalized spacial score (nSPS) is 18.2. The van der Waals surface area contributed by atoms with Crippen LogP contribution < -0.4 is 5.32 Å². The van der Waals surface area contributed by atoms with Crippen molar-refractivity contribution in [3.8, 4) is 0 Å². The Morgan fingerprint density at radius 1 is 1.50 bits per heavy atom. The van der Waals surface area contributed by atoms with Gasteiger partial charge in [-0.25, -0.2) is 0 Å². The van der Waals surface area contributed by atoms with E-state index in [1.165, 1.54) is 26.3 Å². The van der Waals surface area contributed by atoms with Crippen molar-refractivity contribution in [2.24, 2.45) is 0 Å². The number of hydrogen-bond acceptors (Lipinski definition) is 4. The van der Waals surface area contributed by atoms with E-state index in [1.807, 2.05) is 10.9 Å². The summed E-state index contributed by atoms with van der Waals surface area (Å²) in [5, 5.41) is 17.1. The van der Waals surface area contributed by atoms with Gasteiger partial charge in [0.2, 0.25) is 0 Å². The van der Waals surface area contributed by atoms with Gasteiger partial charge >= 0.3 is 0 Å². The summed E-state index contributed by atoms with van der Waals surface area (Å²) in [6, 6.07) is 4.63. The average molecular weight is 356 g/mol. The molecular formula is C14H18BrN3OS. The first kappa shape index (κ1) is 14.3. The largest absolute Gasteiger partial charge is 0.394 e. The van der Waals surface area contributed by atoms with Crippen LogP contribution >= 0.6 is 27.3 Å². The van der Waals surface area contributed by atoms with E-state index < -0.39 is 0 Å². The third kappa shape index (κ3) is 2.98. The zero-order chi connectivity index (χ0) is 13.9. The van der Waals surface area contributed by atoms with Crippen molar-refractivity contribution in [1.29, 1.82) is 0 Å². The molecule has 0 aromatic carbocycles. The van der Waals surface area contributed by atoms with Gasteiger partial charge in [0.05, 0.1) is 23.1 Å². The Labute approximate surface area is 130 Å². The fraction of sp³-hybridized carbons (Fsp3) is 0.500. The molecule has 0 spiro atoms. The predicted octanol–water partition coefficient (Wildman–Crippen LogP) is 2.87. The van der Waals surface area contributed by atoms with E-state index in [-0.39, 0.29) is 6.61 Å². The van der Waals surface area contributed by atoms with Crippen molar-refractivity contribution in [1.82, 2.24) is 15.1 Å². The fourth-order valence-electron chi connectivity index (χ4n) is 2.79. The molecule has 0 saturated carbocycles. The topological polar surface area (TPSA) is 50.1 Å². The van der Waals surface area contributed by atoms with Crippen LogP contribution in [0.3, 0.4) is 0 Å². The van der Waals surface area contributed by atoms with Crippen LogP contribution in [0.1, 0.15) is 35.0 Å². The second-order valence-electron chi connectivity index (χ2n) is 5.02. The Kier molecular flexibility index (Phi) is 4.55. The van der Waals surface area contributed by atoms with Gasteiger partial charge in [-0.1, -0.05) is 0 Å². The van der Waals surface area contributed by atoms with Crippen molar-refractivity contribution in [3.63, 3.8) is 0 Å². The molecule has 3 rings (SSSR count). The molecule has 0 aliphatic heterocycles. The Hall–Kier alpha value is -0.690. The maximum atomic E-state index is 9.08. The molecule has 0 radical (unpaired) electrons. The minimum atomic E-state index is 0.148. The minimum Gasteiger partial charge on any atom is -0.394 e. The van der Waals surface area contributed by atoms with Crippen LogP contribution in [0.25, 0.3) is 0 Å². The third-order valence-corrected chi connectivity index (χ3v) is 5.35. The monoisotopic (exact) mass is 355 g/mol. The molecule has 2 aromatic heterocycles. The molecule has 2 heterocycles. The highest BCUT2D eigenvalue weighted by molar-refractivity contribution is 9.11. The van der Waals surface area contributed by atoms with Crippen molar-refractivity contribution in [2.75, 3.05) is 6.61 Å². The number of aliphatic hydroxyl groups is 1. The molecule has 1 unspecified atom stereocenters. The number of nitrogens with zero attached hydrogens (tertiary/aromatic N) is 2. The van der Waals surface area contributed by atoms with Gasteiger partial charge in [0.1, 0.15) is 0 Å². The maximum Gasteiger partial charge on any atom is 0.0701 e. The lowest BCUT2D eigenvalue weighted by atomic mass is 9.93. The molecule has 0 fully saturated rings. The van der Waals surface area contributed by atoms with Crippen molar-refractivity contribution >= 4 is 27.3 Å². The number of thiophene rings is 1. The van der Waals surface area contributed by atoms with E-state index >= 15 is 0 Å². The van der Waals surface area contributed by atoms with Gasteiger partial charge in [0, 0.05) is 28.7 Å². The number of nitrogens with one attached hydrogen (secondary N) is 1. The first-order chi connectivity index (χ1) is 9.78. The molecule has 2 N–H and O–H groups in total. The second-order valence-corrected chi connectivity index (χ2v) is 7.57. The van der Waals surface area contributed by atoms with Crippen LogP contribution in [-0.4, -0.2) is 21.5 Å². The van der Waals surface area contributed by atoms with Crippen LogP contribution in [0.15, 0.2) is 22.1 Å². The van der Waals surface area contributed by atoms with Crippen LogP contribution in [0.5, 0.6) is 0 Å². The number of hydrogen-bond donors (Lipinski definition) is 2. The van der Waals surface area contributed by atoms with E-state index in [0.717, 1.165) is 19.4 Å². The molecule has 4 nitrogen and oxygen atoms in total. The molecule has 2 aromatic rings. The Bertz CT molecular complexity index is 581. The fourth-order valence-corrected chi connectivity index (χ4v) is 4.22. The SMILES string of the molecule is OCCn1ncc2c1CCCC2NCc1ccc(Br)s1. The van der Waals surface area contributed by atoms with Gasteiger partial charge in [-0.3, -0.25) is 4.68 Å². The first-order valence-corrected chi connectivity index (χ1v) is 8.52. The van der Waals surface area contributed by atoms with E-state index in [1.54, 1.807) is 11.3 Å². The van der Waals surface area contributed by atoms with Crippen molar-refractivity contribution in [2.45, 2.75) is 38.4 Å². The predicted molar refractivity (Wildman–Crippen MR) is 83.9 cm³/mol. The third-order valence-electron chi connectivity index (χ3n) is 3.73. The molecule has 108 valence electrons. The molecule has 6 heteroatoms. The molecule has 0 bridgehead atoms. The Morgan fingerprint density at radius 2 is 2.40 bits per heavy atom. The summed E-state index contributed by atoms with van der Waals surface area (Å²) in [6.45, 7) is 1.64. The number of rotatable bonds is 5. The standard InChI is InChI=1S/C14H18BrN3OS/c15-14-5-4-10(20-14)8-16-12-2-1-3-13-11(12)9-17-18(13)6-7-19/h4-5,9,12,16,19H,1-3,6-8H2. The molecule has 0 amide bonds. The van der Waals surface area contributed by atoms with Crippen molar-refractivity contribution in [3.05, 3.63) is 38.3 Å². The van der Waals surface area contributed by atoms with Crippen LogP contribution in [0.4, 0.5) is 0 Å². The minimum absolute atomic E-state index is 0.148. The summed E-state index contributed by atoms with van der Waals surface area (Å²) >= 11 is 5.27. The molecule has 1 aliphatic carbocycles. The number of aliphatic hydroxyl groups excluding tert-OH is 1. The maximum absolute atomic E-state index is 9.08. The van der Waals surface area contributed by atoms with E-state index in [2.05, 4.69) is 38.5 Å². The highest BCUT2D eigenvalue weighted by Crippen LogP contribution is 2.30. The van der Waals surface area contributed by atoms with E-state index in [0.29, 0.717) is 12.6 Å². The number of aromatic nitrogens is 2. The Balaban J connectivity index is 1.70. The molecule has 1 atom stereocenters. The van der Waals surface area contributed by atoms with Gasteiger partial charge in [-0.15, -0.1) is 11.3 Å². The molecular weight excluding hydrogens is 338 g/mol. The summed E-state index contributed by atoms with van der Waals surface area (Å²) in [7, 11) is 0. The van der Waals surface area contributed by atoms with Crippen LogP contribution in [0, 0.1) is 0 Å². The zero-order valence-electron chi connectivity index (χ0n) is 11.2. The first-order valence-electron chi connectivity index (χ1n) is 6.91. The molecule has 20 heavy (non-hydrogen) atoms. The summed E-state index contributed by atoms with van der Waals surface area (Å²) in [5.74, 6) is 0. The second kappa shape index (κ2) is 6.39. The summed E-state index contributed by atoms with van der Waals surface area (Å²) < 4.78 is 3.12. The lowest BCUT2D eigenvalue weighted by Gasteiger charge is -2.24. The smallest absolute Gasteiger partial charge is 0.0701 e. The highest BCUT2D eigenvalue weighted by atomic mass is 79.9. The quantitative estimate of drug-likeness (QED) is 0.866. The Morgan fingerprint density at radius 3 is 3.15 bits per heavy atom. The zero-order valence-corrected chi connectivity index (χ0v) is 13.6. The van der Waals surface area contributed by atoms with Crippen molar-refractivity contribution < 1.29 is 5.11 Å². The van der Waals surface area contributed by atoms with Gasteiger partial charge in [-0.05, 0) is 47.3 Å².